The van der Waals surface area contributed by atoms with Crippen LogP contribution in [0.3, 0.4) is 0 Å². The number of rotatable bonds is 5. The number of nitrogens with one attached hydrogen (secondary N) is 1. The van der Waals surface area contributed by atoms with Gasteiger partial charge in [-0.1, -0.05) is 29.3 Å². The van der Waals surface area contributed by atoms with Crippen LogP contribution in [0.4, 0.5) is 0 Å². The lowest BCUT2D eigenvalue weighted by Crippen LogP contribution is -2.44. The third-order valence-electron chi connectivity index (χ3n) is 5.28. The molecule has 0 aliphatic carbocycles. The molecule has 1 aromatic heterocycles. The van der Waals surface area contributed by atoms with Crippen molar-refractivity contribution in [2.24, 2.45) is 0 Å². The van der Waals surface area contributed by atoms with Crippen molar-refractivity contribution >= 4 is 29.1 Å². The second-order valence-corrected chi connectivity index (χ2v) is 7.84. The van der Waals surface area contributed by atoms with E-state index in [1.165, 1.54) is 11.0 Å². The van der Waals surface area contributed by atoms with Gasteiger partial charge in [0.25, 0.3) is 5.91 Å². The van der Waals surface area contributed by atoms with Crippen molar-refractivity contribution in [3.8, 4) is 5.69 Å². The van der Waals surface area contributed by atoms with E-state index in [1.54, 1.807) is 30.3 Å². The largest absolute Gasteiger partial charge is 0.381 e. The Balaban J connectivity index is 1.51. The van der Waals surface area contributed by atoms with Gasteiger partial charge in [0, 0.05) is 40.8 Å². The van der Waals surface area contributed by atoms with Crippen molar-refractivity contribution in [3.63, 3.8) is 0 Å². The summed E-state index contributed by atoms with van der Waals surface area (Å²) in [5.74, 6) is -0.149. The molecule has 0 bridgehead atoms. The van der Waals surface area contributed by atoms with Gasteiger partial charge in [0.15, 0.2) is 0 Å². The Morgan fingerprint density at radius 1 is 1.14 bits per heavy atom. The Morgan fingerprint density at radius 2 is 1.90 bits per heavy atom. The van der Waals surface area contributed by atoms with Crippen LogP contribution in [0.1, 0.15) is 28.8 Å². The molecule has 1 aliphatic heterocycles. The zero-order valence-corrected chi connectivity index (χ0v) is 17.0. The smallest absolute Gasteiger partial charge is 0.251 e. The number of amides is 1. The molecule has 4 rings (SSSR count). The lowest BCUT2D eigenvalue weighted by molar-refractivity contribution is 0.0487. The predicted molar refractivity (Wildman–Crippen MR) is 110 cm³/mol. The predicted octanol–water partition coefficient (Wildman–Crippen LogP) is 3.45. The maximum Gasteiger partial charge on any atom is 0.251 e. The molecular formula is C20H19Cl2N5O2. The number of hydrogen-bond donors (Lipinski definition) is 1. The van der Waals surface area contributed by atoms with E-state index in [9.17, 15) is 4.79 Å². The second kappa shape index (κ2) is 8.49. The zero-order chi connectivity index (χ0) is 20.3. The van der Waals surface area contributed by atoms with Crippen LogP contribution in [0.2, 0.25) is 10.0 Å². The van der Waals surface area contributed by atoms with Crippen molar-refractivity contribution in [2.45, 2.75) is 18.3 Å². The Morgan fingerprint density at radius 3 is 2.55 bits per heavy atom. The van der Waals surface area contributed by atoms with Crippen LogP contribution in [0.5, 0.6) is 0 Å². The first-order valence-electron chi connectivity index (χ1n) is 9.22. The summed E-state index contributed by atoms with van der Waals surface area (Å²) in [6, 6.07) is 12.6. The fourth-order valence-corrected chi connectivity index (χ4v) is 4.23. The number of hydrogen-bond acceptors (Lipinski definition) is 5. The highest BCUT2D eigenvalue weighted by molar-refractivity contribution is 6.35. The first kappa shape index (κ1) is 19.8. The average Bonchev–Trinajstić information content (AvgIpc) is 3.28. The van der Waals surface area contributed by atoms with Gasteiger partial charge in [0.2, 0.25) is 0 Å². The lowest BCUT2D eigenvalue weighted by atomic mass is 9.74. The van der Waals surface area contributed by atoms with Gasteiger partial charge < -0.3 is 10.1 Å². The zero-order valence-electron chi connectivity index (χ0n) is 15.5. The molecule has 1 N–H and O–H groups in total. The van der Waals surface area contributed by atoms with Crippen molar-refractivity contribution in [2.75, 3.05) is 19.8 Å². The summed E-state index contributed by atoms with van der Waals surface area (Å²) in [5.41, 5.74) is 2.04. The Labute approximate surface area is 178 Å². The van der Waals surface area contributed by atoms with Gasteiger partial charge in [-0.2, -0.15) is 0 Å². The molecule has 0 atom stereocenters. The fourth-order valence-electron chi connectivity index (χ4n) is 3.62. The minimum atomic E-state index is -0.290. The molecule has 2 heterocycles. The normalized spacial score (nSPS) is 15.8. The third kappa shape index (κ3) is 4.27. The number of carbonyl (C=O) groups excluding carboxylic acids is 1. The van der Waals surface area contributed by atoms with E-state index < -0.39 is 0 Å². The van der Waals surface area contributed by atoms with E-state index in [2.05, 4.69) is 20.8 Å². The minimum Gasteiger partial charge on any atom is -0.381 e. The van der Waals surface area contributed by atoms with E-state index in [1.807, 2.05) is 12.1 Å². The SMILES string of the molecule is O=C(NCC1(c2ccc(Cl)cc2Cl)CCOCC1)c1ccc(-n2cnnn2)cc1. The molecule has 0 saturated carbocycles. The van der Waals surface area contributed by atoms with E-state index in [0.717, 1.165) is 24.1 Å². The minimum absolute atomic E-state index is 0.149. The van der Waals surface area contributed by atoms with E-state index in [-0.39, 0.29) is 11.3 Å². The highest BCUT2D eigenvalue weighted by atomic mass is 35.5. The van der Waals surface area contributed by atoms with Crippen LogP contribution >= 0.6 is 23.2 Å². The molecule has 3 aromatic rings. The molecule has 1 saturated heterocycles. The van der Waals surface area contributed by atoms with E-state index in [4.69, 9.17) is 27.9 Å². The summed E-state index contributed by atoms with van der Waals surface area (Å²) in [5, 5.41) is 15.3. The molecule has 150 valence electrons. The Kier molecular flexibility index (Phi) is 5.80. The molecule has 0 radical (unpaired) electrons. The van der Waals surface area contributed by atoms with Gasteiger partial charge in [0.1, 0.15) is 6.33 Å². The maximum absolute atomic E-state index is 12.8. The second-order valence-electron chi connectivity index (χ2n) is 7.00. The van der Waals surface area contributed by atoms with Gasteiger partial charge in [-0.25, -0.2) is 4.68 Å². The summed E-state index contributed by atoms with van der Waals surface area (Å²) in [6.45, 7) is 1.70. The number of halogens is 2. The lowest BCUT2D eigenvalue weighted by Gasteiger charge is -2.38. The maximum atomic E-state index is 12.8. The monoisotopic (exact) mass is 431 g/mol. The Hall–Kier alpha value is -2.48. The number of aromatic nitrogens is 4. The van der Waals surface area contributed by atoms with Crippen molar-refractivity contribution < 1.29 is 9.53 Å². The van der Waals surface area contributed by atoms with Crippen LogP contribution < -0.4 is 5.32 Å². The molecular weight excluding hydrogens is 413 g/mol. The molecule has 0 spiro atoms. The molecule has 29 heavy (non-hydrogen) atoms. The van der Waals surface area contributed by atoms with Crippen LogP contribution in [0.15, 0.2) is 48.8 Å². The number of carbonyl (C=O) groups is 1. The standard InChI is InChI=1S/C20H19Cl2N5O2/c21-15-3-6-17(18(22)11-15)20(7-9-29-10-8-20)12-23-19(28)14-1-4-16(5-2-14)27-13-24-25-26-27/h1-6,11,13H,7-10,12H2,(H,23,28). The van der Waals surface area contributed by atoms with Gasteiger partial charge in [-0.15, -0.1) is 5.10 Å². The molecule has 2 aromatic carbocycles. The topological polar surface area (TPSA) is 81.9 Å². The highest BCUT2D eigenvalue weighted by Gasteiger charge is 2.36. The number of nitrogens with zero attached hydrogens (tertiary/aromatic N) is 4. The average molecular weight is 432 g/mol. The van der Waals surface area contributed by atoms with Crippen LogP contribution in [-0.2, 0) is 10.2 Å². The number of benzene rings is 2. The molecule has 1 amide bonds. The molecule has 1 fully saturated rings. The molecule has 9 heteroatoms. The quantitative estimate of drug-likeness (QED) is 0.668. The van der Waals surface area contributed by atoms with Gasteiger partial charge in [0.05, 0.1) is 5.69 Å². The molecule has 1 aliphatic rings. The fraction of sp³-hybridized carbons (Fsp3) is 0.300. The third-order valence-corrected chi connectivity index (χ3v) is 5.83. The molecule has 0 unspecified atom stereocenters. The van der Waals surface area contributed by atoms with Crippen molar-refractivity contribution in [3.05, 3.63) is 70.0 Å². The number of tetrazole rings is 1. The van der Waals surface area contributed by atoms with E-state index in [0.29, 0.717) is 35.4 Å². The summed E-state index contributed by atoms with van der Waals surface area (Å²) in [6.07, 6.45) is 3.04. The summed E-state index contributed by atoms with van der Waals surface area (Å²) in [4.78, 5) is 12.8. The first-order valence-corrected chi connectivity index (χ1v) is 9.98. The van der Waals surface area contributed by atoms with Crippen LogP contribution in [0.25, 0.3) is 5.69 Å². The summed E-state index contributed by atoms with van der Waals surface area (Å²) in [7, 11) is 0. The Bertz CT molecular complexity index is 987. The molecule has 7 nitrogen and oxygen atoms in total. The summed E-state index contributed by atoms with van der Waals surface area (Å²) >= 11 is 12.6. The van der Waals surface area contributed by atoms with Gasteiger partial charge in [-0.05, 0) is 65.2 Å². The van der Waals surface area contributed by atoms with Crippen LogP contribution in [0, 0.1) is 0 Å². The van der Waals surface area contributed by atoms with Gasteiger partial charge >= 0.3 is 0 Å². The van der Waals surface area contributed by atoms with Crippen molar-refractivity contribution in [1.29, 1.82) is 0 Å². The first-order chi connectivity index (χ1) is 14.1. The van der Waals surface area contributed by atoms with E-state index >= 15 is 0 Å². The van der Waals surface area contributed by atoms with Crippen molar-refractivity contribution in [1.82, 2.24) is 25.5 Å². The van der Waals surface area contributed by atoms with Crippen LogP contribution in [-0.4, -0.2) is 45.9 Å². The van der Waals surface area contributed by atoms with Gasteiger partial charge in [-0.3, -0.25) is 4.79 Å². The highest BCUT2D eigenvalue weighted by Crippen LogP contribution is 2.39. The summed E-state index contributed by atoms with van der Waals surface area (Å²) < 4.78 is 7.08. The number of ether oxygens (including phenoxy) is 1.